The monoisotopic (exact) mass is 435 g/mol. The minimum absolute atomic E-state index is 0.186. The molecule has 0 aliphatic carbocycles. The highest BCUT2D eigenvalue weighted by Gasteiger charge is 2.17. The minimum atomic E-state index is -3.49. The second-order valence-electron chi connectivity index (χ2n) is 7.57. The predicted octanol–water partition coefficient (Wildman–Crippen LogP) is 3.95. The number of aromatic nitrogens is 4. The number of hydrogen-bond donors (Lipinski definition) is 1. The van der Waals surface area contributed by atoms with Gasteiger partial charge in [0, 0.05) is 32.1 Å². The van der Waals surface area contributed by atoms with E-state index in [0.29, 0.717) is 0 Å². The summed E-state index contributed by atoms with van der Waals surface area (Å²) >= 11 is 0. The Morgan fingerprint density at radius 3 is 2.29 bits per heavy atom. The van der Waals surface area contributed by atoms with Crippen molar-refractivity contribution in [3.8, 4) is 22.5 Å². The van der Waals surface area contributed by atoms with Crippen molar-refractivity contribution < 1.29 is 8.42 Å². The van der Waals surface area contributed by atoms with Gasteiger partial charge in [0.1, 0.15) is 11.7 Å². The number of hydrogen-bond acceptors (Lipinski definition) is 5. The number of nitrogens with one attached hydrogen (secondary N) is 1. The Morgan fingerprint density at radius 2 is 1.68 bits per heavy atom. The molecule has 7 nitrogen and oxygen atoms in total. The molecule has 31 heavy (non-hydrogen) atoms. The topological polar surface area (TPSA) is 81.8 Å². The normalized spacial score (nSPS) is 11.6. The first-order valence-electron chi connectivity index (χ1n) is 9.91. The summed E-state index contributed by atoms with van der Waals surface area (Å²) in [5, 5.41) is 7.35. The van der Waals surface area contributed by atoms with Gasteiger partial charge in [-0.3, -0.25) is 4.68 Å². The van der Waals surface area contributed by atoms with Gasteiger partial charge in [-0.05, 0) is 43.2 Å². The highest BCUT2D eigenvalue weighted by molar-refractivity contribution is 7.91. The number of imidazole rings is 1. The highest BCUT2D eigenvalue weighted by Crippen LogP contribution is 2.27. The van der Waals surface area contributed by atoms with Gasteiger partial charge in [0.15, 0.2) is 9.84 Å². The molecule has 0 radical (unpaired) electrons. The lowest BCUT2D eigenvalue weighted by molar-refractivity contribution is 0.598. The molecular formula is C23H25N5O2S. The molecular weight excluding hydrogens is 410 g/mol. The Kier molecular flexibility index (Phi) is 5.41. The van der Waals surface area contributed by atoms with Gasteiger partial charge >= 0.3 is 0 Å². The fourth-order valence-electron chi connectivity index (χ4n) is 3.62. The molecule has 2 aromatic heterocycles. The molecule has 4 rings (SSSR count). The van der Waals surface area contributed by atoms with E-state index in [2.05, 4.69) is 21.5 Å². The molecule has 0 saturated carbocycles. The van der Waals surface area contributed by atoms with E-state index in [1.54, 1.807) is 23.0 Å². The van der Waals surface area contributed by atoms with Crippen LogP contribution in [0.25, 0.3) is 22.5 Å². The molecule has 4 aromatic rings. The number of benzene rings is 2. The van der Waals surface area contributed by atoms with E-state index < -0.39 is 9.84 Å². The van der Waals surface area contributed by atoms with Crippen molar-refractivity contribution in [2.75, 3.05) is 11.2 Å². The van der Waals surface area contributed by atoms with Gasteiger partial charge in [-0.1, -0.05) is 30.3 Å². The standard InChI is InChI=1S/C23H25N5O2S/c1-16-22(17(2)28(4)26-16)25-15-31(29,30)21-10-8-18(9-11-21)19-6-5-7-20(14-19)23-24-12-13-27(23)3/h5-14,25H,15H2,1-4H3. The van der Waals surface area contributed by atoms with E-state index in [9.17, 15) is 8.42 Å². The molecule has 0 fully saturated rings. The third-order valence-corrected chi connectivity index (χ3v) is 6.95. The summed E-state index contributed by atoms with van der Waals surface area (Å²) < 4.78 is 29.4. The van der Waals surface area contributed by atoms with Crippen LogP contribution in [0.5, 0.6) is 0 Å². The third kappa shape index (κ3) is 4.11. The van der Waals surface area contributed by atoms with E-state index in [1.807, 2.05) is 69.0 Å². The molecule has 0 aliphatic rings. The molecule has 160 valence electrons. The third-order valence-electron chi connectivity index (χ3n) is 5.44. The largest absolute Gasteiger partial charge is 0.368 e. The molecule has 0 atom stereocenters. The van der Waals surface area contributed by atoms with E-state index in [1.165, 1.54) is 0 Å². The quantitative estimate of drug-likeness (QED) is 0.496. The molecule has 0 amide bonds. The van der Waals surface area contributed by atoms with Gasteiger partial charge in [0.2, 0.25) is 0 Å². The van der Waals surface area contributed by atoms with Gasteiger partial charge in [-0.2, -0.15) is 5.10 Å². The number of anilines is 1. The van der Waals surface area contributed by atoms with Crippen LogP contribution < -0.4 is 5.32 Å². The SMILES string of the molecule is Cc1nn(C)c(C)c1NCS(=O)(=O)c1ccc(-c2cccc(-c3nccn3C)c2)cc1. The van der Waals surface area contributed by atoms with Crippen LogP contribution in [0.2, 0.25) is 0 Å². The summed E-state index contributed by atoms with van der Waals surface area (Å²) in [5.74, 6) is 0.696. The number of nitrogens with zero attached hydrogens (tertiary/aromatic N) is 4. The summed E-state index contributed by atoms with van der Waals surface area (Å²) in [4.78, 5) is 4.68. The van der Waals surface area contributed by atoms with Crippen molar-refractivity contribution in [2.45, 2.75) is 18.7 Å². The molecule has 2 heterocycles. The zero-order chi connectivity index (χ0) is 22.2. The lowest BCUT2D eigenvalue weighted by Gasteiger charge is -2.10. The smallest absolute Gasteiger partial charge is 0.196 e. The Morgan fingerprint density at radius 1 is 0.968 bits per heavy atom. The number of rotatable bonds is 6. The average molecular weight is 436 g/mol. The zero-order valence-electron chi connectivity index (χ0n) is 18.0. The van der Waals surface area contributed by atoms with E-state index in [0.717, 1.165) is 39.6 Å². The van der Waals surface area contributed by atoms with Crippen LogP contribution in [0.4, 0.5) is 5.69 Å². The van der Waals surface area contributed by atoms with E-state index >= 15 is 0 Å². The maximum atomic E-state index is 12.8. The predicted molar refractivity (Wildman–Crippen MR) is 122 cm³/mol. The van der Waals surface area contributed by atoms with Gasteiger partial charge in [-0.25, -0.2) is 13.4 Å². The van der Waals surface area contributed by atoms with Crippen molar-refractivity contribution >= 4 is 15.5 Å². The Balaban J connectivity index is 1.54. The fraction of sp³-hybridized carbons (Fsp3) is 0.217. The van der Waals surface area contributed by atoms with E-state index in [-0.39, 0.29) is 10.8 Å². The van der Waals surface area contributed by atoms with Crippen LogP contribution in [0.1, 0.15) is 11.4 Å². The van der Waals surface area contributed by atoms with Crippen LogP contribution in [0, 0.1) is 13.8 Å². The number of aryl methyl sites for hydroxylation is 3. The lowest BCUT2D eigenvalue weighted by atomic mass is 10.0. The molecule has 8 heteroatoms. The van der Waals surface area contributed by atoms with Crippen LogP contribution in [0.15, 0.2) is 65.8 Å². The minimum Gasteiger partial charge on any atom is -0.368 e. The highest BCUT2D eigenvalue weighted by atomic mass is 32.2. The van der Waals surface area contributed by atoms with E-state index in [4.69, 9.17) is 0 Å². The zero-order valence-corrected chi connectivity index (χ0v) is 18.8. The number of sulfone groups is 1. The molecule has 0 unspecified atom stereocenters. The van der Waals surface area contributed by atoms with Crippen molar-refractivity contribution in [2.24, 2.45) is 14.1 Å². The first-order chi connectivity index (χ1) is 14.8. The summed E-state index contributed by atoms with van der Waals surface area (Å²) in [6, 6.07) is 15.0. The maximum Gasteiger partial charge on any atom is 0.196 e. The maximum absolute atomic E-state index is 12.8. The Hall–Kier alpha value is -3.39. The van der Waals surface area contributed by atoms with Crippen LogP contribution in [0.3, 0.4) is 0 Å². The summed E-state index contributed by atoms with van der Waals surface area (Å²) in [5.41, 5.74) is 5.39. The second-order valence-corrected chi connectivity index (χ2v) is 9.56. The summed E-state index contributed by atoms with van der Waals surface area (Å²) in [7, 11) is 0.300. The van der Waals surface area contributed by atoms with Crippen LogP contribution in [-0.4, -0.2) is 33.6 Å². The molecule has 0 bridgehead atoms. The molecule has 0 spiro atoms. The molecule has 0 saturated heterocycles. The molecule has 1 N–H and O–H groups in total. The van der Waals surface area contributed by atoms with Gasteiger partial charge in [0.05, 0.1) is 22.0 Å². The average Bonchev–Trinajstić information content (AvgIpc) is 3.29. The van der Waals surface area contributed by atoms with Gasteiger partial charge in [-0.15, -0.1) is 0 Å². The summed E-state index contributed by atoms with van der Waals surface area (Å²) in [6.07, 6.45) is 3.67. The van der Waals surface area contributed by atoms with Crippen molar-refractivity contribution in [3.05, 3.63) is 72.3 Å². The van der Waals surface area contributed by atoms with Crippen LogP contribution in [-0.2, 0) is 23.9 Å². The summed E-state index contributed by atoms with van der Waals surface area (Å²) in [6.45, 7) is 3.76. The molecule has 2 aromatic carbocycles. The molecule has 0 aliphatic heterocycles. The first kappa shape index (κ1) is 20.9. The Labute approximate surface area is 182 Å². The lowest BCUT2D eigenvalue weighted by Crippen LogP contribution is -2.15. The van der Waals surface area contributed by atoms with Gasteiger partial charge in [0.25, 0.3) is 0 Å². The second kappa shape index (κ2) is 8.03. The fourth-order valence-corrected chi connectivity index (χ4v) is 4.67. The van der Waals surface area contributed by atoms with Crippen LogP contribution >= 0.6 is 0 Å². The van der Waals surface area contributed by atoms with Crippen molar-refractivity contribution in [3.63, 3.8) is 0 Å². The van der Waals surface area contributed by atoms with Crippen molar-refractivity contribution in [1.29, 1.82) is 0 Å². The van der Waals surface area contributed by atoms with Gasteiger partial charge < -0.3 is 9.88 Å². The van der Waals surface area contributed by atoms with Crippen molar-refractivity contribution in [1.82, 2.24) is 19.3 Å². The first-order valence-corrected chi connectivity index (χ1v) is 11.6. The Bertz CT molecular complexity index is 1330.